The minimum atomic E-state index is 0.318. The Bertz CT molecular complexity index is 848. The minimum Gasteiger partial charge on any atom is -0.362 e. The largest absolute Gasteiger partial charge is 0.362 e. The van der Waals surface area contributed by atoms with Gasteiger partial charge < -0.3 is 10.6 Å². The lowest BCUT2D eigenvalue weighted by Gasteiger charge is -2.19. The van der Waals surface area contributed by atoms with Crippen LogP contribution < -0.4 is 10.6 Å². The van der Waals surface area contributed by atoms with Crippen LogP contribution in [-0.2, 0) is 0 Å². The predicted octanol–water partition coefficient (Wildman–Crippen LogP) is 6.61. The third-order valence-electron chi connectivity index (χ3n) is 4.30. The first-order chi connectivity index (χ1) is 13.1. The van der Waals surface area contributed by atoms with E-state index in [9.17, 15) is 0 Å². The second-order valence-corrected chi connectivity index (χ2v) is 7.90. The molecule has 0 spiro atoms. The predicted molar refractivity (Wildman–Crippen MR) is 123 cm³/mol. The van der Waals surface area contributed by atoms with Crippen LogP contribution in [0.2, 0.25) is 5.02 Å². The fraction of sp³-hybridized carbons (Fsp3) is 0.136. The molecular weight excluding hydrogens is 440 g/mol. The van der Waals surface area contributed by atoms with Gasteiger partial charge in [0.1, 0.15) is 0 Å². The summed E-state index contributed by atoms with van der Waals surface area (Å²) in [7, 11) is 0. The van der Waals surface area contributed by atoms with Gasteiger partial charge in [-0.25, -0.2) is 0 Å². The molecule has 0 heterocycles. The molecule has 0 saturated heterocycles. The van der Waals surface area contributed by atoms with Crippen LogP contribution >= 0.6 is 39.7 Å². The second kappa shape index (κ2) is 9.88. The Kier molecular flexibility index (Phi) is 7.27. The molecule has 0 saturated carbocycles. The quantitative estimate of drug-likeness (QED) is 0.405. The zero-order chi connectivity index (χ0) is 19.1. The Labute approximate surface area is 179 Å². The fourth-order valence-electron chi connectivity index (χ4n) is 2.98. The summed E-state index contributed by atoms with van der Waals surface area (Å²) in [5.41, 5.74) is 3.40. The molecule has 2 nitrogen and oxygen atoms in total. The van der Waals surface area contributed by atoms with E-state index in [0.717, 1.165) is 23.1 Å². The molecule has 0 aliphatic heterocycles. The highest BCUT2D eigenvalue weighted by atomic mass is 79.9. The summed E-state index contributed by atoms with van der Waals surface area (Å²) in [5.74, 6) is 0.318. The van der Waals surface area contributed by atoms with Crippen LogP contribution in [0.1, 0.15) is 23.5 Å². The van der Waals surface area contributed by atoms with Crippen LogP contribution in [0.25, 0.3) is 0 Å². The topological polar surface area (TPSA) is 24.1 Å². The highest BCUT2D eigenvalue weighted by Gasteiger charge is 2.13. The molecule has 3 aromatic rings. The Balaban J connectivity index is 1.61. The van der Waals surface area contributed by atoms with Gasteiger partial charge in [-0.2, -0.15) is 0 Å². The van der Waals surface area contributed by atoms with E-state index in [-0.39, 0.29) is 0 Å². The van der Waals surface area contributed by atoms with Crippen LogP contribution in [0.5, 0.6) is 0 Å². The van der Waals surface area contributed by atoms with Crippen molar-refractivity contribution in [2.45, 2.75) is 12.3 Å². The van der Waals surface area contributed by atoms with Crippen molar-refractivity contribution < 1.29 is 0 Å². The van der Waals surface area contributed by atoms with Crippen molar-refractivity contribution in [3.05, 3.63) is 99.5 Å². The average molecular weight is 460 g/mol. The van der Waals surface area contributed by atoms with Gasteiger partial charge in [0, 0.05) is 16.9 Å². The van der Waals surface area contributed by atoms with Crippen LogP contribution in [-0.4, -0.2) is 11.7 Å². The van der Waals surface area contributed by atoms with E-state index in [1.807, 2.05) is 30.3 Å². The van der Waals surface area contributed by atoms with Gasteiger partial charge in [0.25, 0.3) is 0 Å². The first-order valence-electron chi connectivity index (χ1n) is 8.73. The monoisotopic (exact) mass is 458 g/mol. The standard InChI is InChI=1S/C22H20BrClN2S/c23-18-11-12-21(20(24)15-18)26-22(27)25-14-13-19(16-7-3-1-4-8-16)17-9-5-2-6-10-17/h1-12,15,19H,13-14H2,(H2,25,26,27). The molecule has 0 fully saturated rings. The smallest absolute Gasteiger partial charge is 0.170 e. The minimum absolute atomic E-state index is 0.318. The van der Waals surface area contributed by atoms with Gasteiger partial charge in [-0.3, -0.25) is 0 Å². The lowest BCUT2D eigenvalue weighted by molar-refractivity contribution is 0.694. The average Bonchev–Trinajstić information content (AvgIpc) is 2.69. The van der Waals surface area contributed by atoms with Gasteiger partial charge in [-0.15, -0.1) is 0 Å². The SMILES string of the molecule is S=C(NCCC(c1ccccc1)c1ccccc1)Nc1ccc(Br)cc1Cl. The number of rotatable bonds is 6. The zero-order valence-corrected chi connectivity index (χ0v) is 17.8. The molecule has 0 radical (unpaired) electrons. The molecule has 3 aromatic carbocycles. The molecule has 138 valence electrons. The van der Waals surface area contributed by atoms with Gasteiger partial charge in [0.2, 0.25) is 0 Å². The van der Waals surface area contributed by atoms with E-state index in [2.05, 4.69) is 75.1 Å². The molecule has 0 aromatic heterocycles. The van der Waals surface area contributed by atoms with Crippen LogP contribution in [0, 0.1) is 0 Å². The van der Waals surface area contributed by atoms with E-state index in [1.165, 1.54) is 11.1 Å². The maximum atomic E-state index is 6.24. The van der Waals surface area contributed by atoms with Crippen molar-refractivity contribution in [3.8, 4) is 0 Å². The third-order valence-corrected chi connectivity index (χ3v) is 5.35. The molecule has 0 aliphatic carbocycles. The Morgan fingerprint density at radius 2 is 1.52 bits per heavy atom. The number of benzene rings is 3. The Morgan fingerprint density at radius 1 is 0.926 bits per heavy atom. The second-order valence-electron chi connectivity index (χ2n) is 6.17. The lowest BCUT2D eigenvalue weighted by Crippen LogP contribution is -2.30. The molecule has 0 aliphatic rings. The van der Waals surface area contributed by atoms with Gasteiger partial charge in [-0.1, -0.05) is 88.2 Å². The van der Waals surface area contributed by atoms with Crippen LogP contribution in [0.4, 0.5) is 5.69 Å². The van der Waals surface area contributed by atoms with Gasteiger partial charge in [0.15, 0.2) is 5.11 Å². The third kappa shape index (κ3) is 5.80. The van der Waals surface area contributed by atoms with E-state index in [1.54, 1.807) is 0 Å². The van der Waals surface area contributed by atoms with E-state index < -0.39 is 0 Å². The Hall–Kier alpha value is -1.88. The van der Waals surface area contributed by atoms with Gasteiger partial charge in [0.05, 0.1) is 10.7 Å². The van der Waals surface area contributed by atoms with E-state index >= 15 is 0 Å². The number of hydrogen-bond acceptors (Lipinski definition) is 1. The molecular formula is C22H20BrClN2S. The summed E-state index contributed by atoms with van der Waals surface area (Å²) in [6.45, 7) is 0.758. The van der Waals surface area contributed by atoms with Crippen molar-refractivity contribution in [2.24, 2.45) is 0 Å². The zero-order valence-electron chi connectivity index (χ0n) is 14.7. The first kappa shape index (κ1) is 19.9. The number of halogens is 2. The van der Waals surface area contributed by atoms with E-state index in [4.69, 9.17) is 23.8 Å². The van der Waals surface area contributed by atoms with Gasteiger partial charge >= 0.3 is 0 Å². The molecule has 27 heavy (non-hydrogen) atoms. The number of anilines is 1. The number of thiocarbonyl (C=S) groups is 1. The summed E-state index contributed by atoms with van der Waals surface area (Å²) < 4.78 is 0.936. The maximum absolute atomic E-state index is 6.24. The first-order valence-corrected chi connectivity index (χ1v) is 10.3. The van der Waals surface area contributed by atoms with Crippen LogP contribution in [0.3, 0.4) is 0 Å². The molecule has 0 amide bonds. The summed E-state index contributed by atoms with van der Waals surface area (Å²) >= 11 is 15.1. The van der Waals surface area contributed by atoms with Crippen molar-refractivity contribution in [2.75, 3.05) is 11.9 Å². The highest BCUT2D eigenvalue weighted by Crippen LogP contribution is 2.28. The van der Waals surface area contributed by atoms with Crippen LogP contribution in [0.15, 0.2) is 83.3 Å². The van der Waals surface area contributed by atoms with Crippen molar-refractivity contribution in [1.29, 1.82) is 0 Å². The summed E-state index contributed by atoms with van der Waals surface area (Å²) in [4.78, 5) is 0. The van der Waals surface area contributed by atoms with Crippen molar-refractivity contribution >= 4 is 50.5 Å². The van der Waals surface area contributed by atoms with E-state index in [0.29, 0.717) is 16.1 Å². The maximum Gasteiger partial charge on any atom is 0.170 e. The lowest BCUT2D eigenvalue weighted by atomic mass is 9.88. The molecule has 3 rings (SSSR count). The summed E-state index contributed by atoms with van der Waals surface area (Å²) in [6.07, 6.45) is 0.934. The highest BCUT2D eigenvalue weighted by molar-refractivity contribution is 9.10. The van der Waals surface area contributed by atoms with Gasteiger partial charge in [-0.05, 0) is 48.0 Å². The molecule has 2 N–H and O–H groups in total. The fourth-order valence-corrected chi connectivity index (χ4v) is 3.92. The summed E-state index contributed by atoms with van der Waals surface area (Å²) in [5, 5.41) is 7.64. The van der Waals surface area contributed by atoms with Crippen molar-refractivity contribution in [3.63, 3.8) is 0 Å². The molecule has 5 heteroatoms. The molecule has 0 atom stereocenters. The van der Waals surface area contributed by atoms with Crippen molar-refractivity contribution in [1.82, 2.24) is 5.32 Å². The number of hydrogen-bond donors (Lipinski definition) is 2. The normalized spacial score (nSPS) is 10.6. The Morgan fingerprint density at radius 3 is 2.07 bits per heavy atom. The molecule has 0 unspecified atom stereocenters. The molecule has 0 bridgehead atoms. The number of nitrogens with one attached hydrogen (secondary N) is 2. The summed E-state index contributed by atoms with van der Waals surface area (Å²) in [6, 6.07) is 26.8.